The summed E-state index contributed by atoms with van der Waals surface area (Å²) in [6, 6.07) is 6.26. The Labute approximate surface area is 131 Å². The maximum Gasteiger partial charge on any atom is 0.234 e. The topological polar surface area (TPSA) is 29.1 Å². The van der Waals surface area contributed by atoms with E-state index in [4.69, 9.17) is 11.6 Å². The van der Waals surface area contributed by atoms with Crippen LogP contribution in [0.3, 0.4) is 0 Å². The minimum Gasteiger partial charge on any atom is -0.325 e. The summed E-state index contributed by atoms with van der Waals surface area (Å²) in [4.78, 5) is 12.1. The number of benzene rings is 1. The Morgan fingerprint density at radius 1 is 1.20 bits per heavy atom. The van der Waals surface area contributed by atoms with Crippen LogP contribution < -0.4 is 5.32 Å². The van der Waals surface area contributed by atoms with E-state index in [0.717, 1.165) is 11.4 Å². The van der Waals surface area contributed by atoms with E-state index >= 15 is 0 Å². The van der Waals surface area contributed by atoms with E-state index in [2.05, 4.69) is 51.2 Å². The maximum atomic E-state index is 12.1. The second-order valence-corrected chi connectivity index (χ2v) is 6.89. The molecule has 0 heterocycles. The zero-order valence-corrected chi connectivity index (χ0v) is 14.3. The first-order chi connectivity index (χ1) is 9.47. The van der Waals surface area contributed by atoms with Gasteiger partial charge in [-0.3, -0.25) is 4.79 Å². The molecule has 0 saturated carbocycles. The Bertz CT molecular complexity index is 420. The van der Waals surface area contributed by atoms with Gasteiger partial charge < -0.3 is 5.32 Å². The number of thioether (sulfide) groups is 1. The van der Waals surface area contributed by atoms with Crippen LogP contribution in [-0.4, -0.2) is 23.3 Å². The summed E-state index contributed by atoms with van der Waals surface area (Å²) < 4.78 is 0. The first-order valence-electron chi connectivity index (χ1n) is 7.03. The average Bonchev–Trinajstić information content (AvgIpc) is 2.38. The fraction of sp³-hybridized carbons (Fsp3) is 0.562. The Hall–Kier alpha value is -0.670. The molecular formula is C16H24ClNOS. The minimum absolute atomic E-state index is 0.0510. The molecule has 0 aromatic heterocycles. The molecule has 1 N–H and O–H groups in total. The monoisotopic (exact) mass is 313 g/mol. The van der Waals surface area contributed by atoms with Crippen molar-refractivity contribution in [2.75, 3.05) is 22.7 Å². The molecular weight excluding hydrogens is 290 g/mol. The number of alkyl halides is 1. The van der Waals surface area contributed by atoms with Crippen molar-refractivity contribution in [1.29, 1.82) is 0 Å². The average molecular weight is 314 g/mol. The molecule has 0 spiro atoms. The van der Waals surface area contributed by atoms with Gasteiger partial charge in [-0.25, -0.2) is 0 Å². The van der Waals surface area contributed by atoms with Crippen LogP contribution in [0.5, 0.6) is 0 Å². The number of carbonyl (C=O) groups excluding carboxylic acids is 1. The van der Waals surface area contributed by atoms with Crippen molar-refractivity contribution in [3.8, 4) is 0 Å². The lowest BCUT2D eigenvalue weighted by Crippen LogP contribution is -2.18. The molecule has 0 aliphatic heterocycles. The third-order valence-electron chi connectivity index (χ3n) is 3.09. The van der Waals surface area contributed by atoms with Crippen molar-refractivity contribution >= 4 is 35.0 Å². The number of anilines is 1. The van der Waals surface area contributed by atoms with E-state index in [-0.39, 0.29) is 5.91 Å². The van der Waals surface area contributed by atoms with E-state index in [1.54, 1.807) is 11.8 Å². The Balaban J connectivity index is 2.93. The first kappa shape index (κ1) is 17.4. The molecule has 1 aromatic rings. The minimum atomic E-state index is 0.0510. The zero-order valence-electron chi connectivity index (χ0n) is 12.7. The quantitative estimate of drug-likeness (QED) is 0.576. The second-order valence-electron chi connectivity index (χ2n) is 5.41. The molecule has 0 aliphatic carbocycles. The van der Waals surface area contributed by atoms with Gasteiger partial charge in [0.15, 0.2) is 0 Å². The molecule has 0 unspecified atom stereocenters. The summed E-state index contributed by atoms with van der Waals surface area (Å²) in [5.74, 6) is 2.67. The van der Waals surface area contributed by atoms with Crippen LogP contribution in [0.15, 0.2) is 18.2 Å². The van der Waals surface area contributed by atoms with Gasteiger partial charge in [0.1, 0.15) is 0 Å². The summed E-state index contributed by atoms with van der Waals surface area (Å²) in [7, 11) is 0. The standard InChI is InChI=1S/C16H24ClNOS/c1-11(2)13-6-5-7-14(12(3)4)16(13)18-15(19)10-20-9-8-17/h5-7,11-12H,8-10H2,1-4H3,(H,18,19). The van der Waals surface area contributed by atoms with Gasteiger partial charge in [-0.2, -0.15) is 11.8 Å². The summed E-state index contributed by atoms with van der Waals surface area (Å²) in [6.45, 7) is 8.60. The van der Waals surface area contributed by atoms with Crippen molar-refractivity contribution in [2.24, 2.45) is 0 Å². The van der Waals surface area contributed by atoms with Crippen LogP contribution in [0.2, 0.25) is 0 Å². The van der Waals surface area contributed by atoms with Crippen molar-refractivity contribution in [1.82, 2.24) is 0 Å². The number of para-hydroxylation sites is 1. The summed E-state index contributed by atoms with van der Waals surface area (Å²) >= 11 is 7.19. The fourth-order valence-electron chi connectivity index (χ4n) is 2.09. The molecule has 0 fully saturated rings. The Morgan fingerprint density at radius 2 is 1.75 bits per heavy atom. The third kappa shape index (κ3) is 5.02. The summed E-state index contributed by atoms with van der Waals surface area (Å²) in [5, 5.41) is 3.10. The summed E-state index contributed by atoms with van der Waals surface area (Å²) in [5.41, 5.74) is 3.40. The van der Waals surface area contributed by atoms with Crippen LogP contribution in [-0.2, 0) is 4.79 Å². The largest absolute Gasteiger partial charge is 0.325 e. The molecule has 2 nitrogen and oxygen atoms in total. The van der Waals surface area contributed by atoms with Gasteiger partial charge in [0.2, 0.25) is 5.91 Å². The van der Waals surface area contributed by atoms with Crippen LogP contribution in [0.4, 0.5) is 5.69 Å². The number of nitrogens with one attached hydrogen (secondary N) is 1. The van der Waals surface area contributed by atoms with E-state index in [1.165, 1.54) is 11.1 Å². The zero-order chi connectivity index (χ0) is 15.1. The van der Waals surface area contributed by atoms with Gasteiger partial charge in [0, 0.05) is 17.3 Å². The highest BCUT2D eigenvalue weighted by Gasteiger charge is 2.15. The molecule has 0 bridgehead atoms. The van der Waals surface area contributed by atoms with E-state index in [1.807, 2.05) is 0 Å². The van der Waals surface area contributed by atoms with Crippen molar-refractivity contribution in [2.45, 2.75) is 39.5 Å². The van der Waals surface area contributed by atoms with Crippen molar-refractivity contribution in [3.63, 3.8) is 0 Å². The smallest absolute Gasteiger partial charge is 0.234 e. The predicted octanol–water partition coefficient (Wildman–Crippen LogP) is 4.84. The Kier molecular flexibility index (Phi) is 7.46. The Morgan fingerprint density at radius 3 is 2.20 bits per heavy atom. The molecule has 4 heteroatoms. The molecule has 1 amide bonds. The van der Waals surface area contributed by atoms with Crippen LogP contribution >= 0.6 is 23.4 Å². The lowest BCUT2D eigenvalue weighted by atomic mass is 9.92. The molecule has 20 heavy (non-hydrogen) atoms. The third-order valence-corrected chi connectivity index (χ3v) is 4.46. The lowest BCUT2D eigenvalue weighted by Gasteiger charge is -2.20. The normalized spacial score (nSPS) is 11.2. The number of carbonyl (C=O) groups is 1. The van der Waals surface area contributed by atoms with E-state index in [9.17, 15) is 4.79 Å². The predicted molar refractivity (Wildman–Crippen MR) is 91.3 cm³/mol. The van der Waals surface area contributed by atoms with Crippen LogP contribution in [0.1, 0.15) is 50.7 Å². The van der Waals surface area contributed by atoms with E-state index in [0.29, 0.717) is 23.5 Å². The number of hydrogen-bond acceptors (Lipinski definition) is 2. The highest BCUT2D eigenvalue weighted by Crippen LogP contribution is 2.32. The molecule has 1 aromatic carbocycles. The molecule has 1 rings (SSSR count). The number of amides is 1. The highest BCUT2D eigenvalue weighted by atomic mass is 35.5. The number of halogens is 1. The molecule has 0 atom stereocenters. The maximum absolute atomic E-state index is 12.1. The lowest BCUT2D eigenvalue weighted by molar-refractivity contribution is -0.113. The van der Waals surface area contributed by atoms with Gasteiger partial charge in [0.05, 0.1) is 5.75 Å². The van der Waals surface area contributed by atoms with Crippen molar-refractivity contribution in [3.05, 3.63) is 29.3 Å². The second kappa shape index (κ2) is 8.58. The molecule has 0 aliphatic rings. The molecule has 0 radical (unpaired) electrons. The molecule has 0 saturated heterocycles. The van der Waals surface area contributed by atoms with Crippen LogP contribution in [0.25, 0.3) is 0 Å². The SMILES string of the molecule is CC(C)c1cccc(C(C)C)c1NC(=O)CSCCCl. The number of rotatable bonds is 7. The fourth-order valence-corrected chi connectivity index (χ4v) is 2.93. The first-order valence-corrected chi connectivity index (χ1v) is 8.72. The van der Waals surface area contributed by atoms with Gasteiger partial charge in [-0.15, -0.1) is 11.6 Å². The number of hydrogen-bond donors (Lipinski definition) is 1. The van der Waals surface area contributed by atoms with E-state index < -0.39 is 0 Å². The van der Waals surface area contributed by atoms with Gasteiger partial charge in [-0.1, -0.05) is 45.9 Å². The van der Waals surface area contributed by atoms with Gasteiger partial charge in [0.25, 0.3) is 0 Å². The summed E-state index contributed by atoms with van der Waals surface area (Å²) in [6.07, 6.45) is 0. The van der Waals surface area contributed by atoms with Gasteiger partial charge >= 0.3 is 0 Å². The molecule has 112 valence electrons. The van der Waals surface area contributed by atoms with Crippen LogP contribution in [0, 0.1) is 0 Å². The highest BCUT2D eigenvalue weighted by molar-refractivity contribution is 8.00. The van der Waals surface area contributed by atoms with Crippen molar-refractivity contribution < 1.29 is 4.79 Å². The van der Waals surface area contributed by atoms with Gasteiger partial charge in [-0.05, 0) is 23.0 Å².